The van der Waals surface area contributed by atoms with Crippen LogP contribution in [0, 0.1) is 0 Å². The average Bonchev–Trinajstić information content (AvgIpc) is 2.07. The summed E-state index contributed by atoms with van der Waals surface area (Å²) in [6.45, 7) is 2.05. The first-order chi connectivity index (χ1) is 5.43. The van der Waals surface area contributed by atoms with E-state index < -0.39 is 0 Å². The van der Waals surface area contributed by atoms with Crippen LogP contribution in [0.4, 0.5) is 0 Å². The van der Waals surface area contributed by atoms with Gasteiger partial charge in [-0.2, -0.15) is 0 Å². The first kappa shape index (κ1) is 7.99. The molecular formula is C10H13N. The van der Waals surface area contributed by atoms with Gasteiger partial charge in [0.25, 0.3) is 0 Å². The second-order valence-corrected chi connectivity index (χ2v) is 2.46. The number of aromatic nitrogens is 1. The van der Waals surface area contributed by atoms with Crippen molar-refractivity contribution >= 4 is 0 Å². The molecule has 0 unspecified atom stereocenters. The molecule has 0 saturated heterocycles. The van der Waals surface area contributed by atoms with Gasteiger partial charge in [0, 0.05) is 12.4 Å². The Balaban J connectivity index is 2.39. The molecule has 0 N–H and O–H groups in total. The van der Waals surface area contributed by atoms with Gasteiger partial charge in [0.2, 0.25) is 0 Å². The molecule has 0 atom stereocenters. The number of aryl methyl sites for hydroxylation is 1. The van der Waals surface area contributed by atoms with Crippen LogP contribution in [0.1, 0.15) is 18.9 Å². The topological polar surface area (TPSA) is 12.9 Å². The Morgan fingerprint density at radius 2 is 2.09 bits per heavy atom. The minimum absolute atomic E-state index is 1.12. The summed E-state index contributed by atoms with van der Waals surface area (Å²) in [7, 11) is 0. The highest BCUT2D eigenvalue weighted by Crippen LogP contribution is 2.00. The molecule has 1 heterocycles. The number of hydrogen-bond acceptors (Lipinski definition) is 1. The lowest BCUT2D eigenvalue weighted by atomic mass is 10.1. The van der Waals surface area contributed by atoms with Crippen LogP contribution in [0.25, 0.3) is 0 Å². The summed E-state index contributed by atoms with van der Waals surface area (Å²) in [6, 6.07) is 4.12. The fourth-order valence-electron chi connectivity index (χ4n) is 0.966. The Labute approximate surface area is 67.8 Å². The van der Waals surface area contributed by atoms with Crippen LogP contribution >= 0.6 is 0 Å². The Hall–Kier alpha value is -1.11. The van der Waals surface area contributed by atoms with Gasteiger partial charge in [-0.1, -0.05) is 12.2 Å². The van der Waals surface area contributed by atoms with Crippen LogP contribution < -0.4 is 0 Å². The second-order valence-electron chi connectivity index (χ2n) is 2.46. The van der Waals surface area contributed by atoms with Crippen molar-refractivity contribution in [2.24, 2.45) is 0 Å². The molecule has 0 aliphatic rings. The smallest absolute Gasteiger partial charge is 0.0270 e. The van der Waals surface area contributed by atoms with E-state index in [9.17, 15) is 0 Å². The van der Waals surface area contributed by atoms with Crippen LogP contribution in [-0.2, 0) is 6.42 Å². The van der Waals surface area contributed by atoms with E-state index in [1.165, 1.54) is 5.56 Å². The van der Waals surface area contributed by atoms with Crippen molar-refractivity contribution in [2.45, 2.75) is 19.8 Å². The summed E-state index contributed by atoms with van der Waals surface area (Å²) < 4.78 is 0. The van der Waals surface area contributed by atoms with Crippen molar-refractivity contribution in [3.05, 3.63) is 42.2 Å². The third-order valence-corrected chi connectivity index (χ3v) is 1.58. The predicted molar refractivity (Wildman–Crippen MR) is 47.4 cm³/mol. The number of allylic oxidation sites excluding steroid dienone is 2. The summed E-state index contributed by atoms with van der Waals surface area (Å²) in [6.07, 6.45) is 10.2. The van der Waals surface area contributed by atoms with Crippen molar-refractivity contribution in [1.82, 2.24) is 4.98 Å². The lowest BCUT2D eigenvalue weighted by Gasteiger charge is -1.94. The maximum absolute atomic E-state index is 3.96. The van der Waals surface area contributed by atoms with Crippen molar-refractivity contribution in [1.29, 1.82) is 0 Å². The zero-order valence-electron chi connectivity index (χ0n) is 6.83. The van der Waals surface area contributed by atoms with Gasteiger partial charge in [-0.05, 0) is 37.5 Å². The minimum atomic E-state index is 1.12. The largest absolute Gasteiger partial charge is 0.265 e. The van der Waals surface area contributed by atoms with E-state index >= 15 is 0 Å². The van der Waals surface area contributed by atoms with Crippen LogP contribution in [0.15, 0.2) is 36.7 Å². The SMILES string of the molecule is C/C=C\CCc1ccncc1. The molecule has 1 heteroatoms. The molecule has 0 bridgehead atoms. The first-order valence-corrected chi connectivity index (χ1v) is 3.93. The molecule has 1 rings (SSSR count). The Kier molecular flexibility index (Phi) is 3.39. The van der Waals surface area contributed by atoms with Gasteiger partial charge in [0.05, 0.1) is 0 Å². The highest BCUT2D eigenvalue weighted by atomic mass is 14.6. The summed E-state index contributed by atoms with van der Waals surface area (Å²) >= 11 is 0. The van der Waals surface area contributed by atoms with Gasteiger partial charge in [-0.15, -0.1) is 0 Å². The molecule has 1 nitrogen and oxygen atoms in total. The summed E-state index contributed by atoms with van der Waals surface area (Å²) in [5.41, 5.74) is 1.36. The maximum atomic E-state index is 3.96. The molecule has 0 aromatic carbocycles. The number of pyridine rings is 1. The van der Waals surface area contributed by atoms with E-state index in [0.29, 0.717) is 0 Å². The van der Waals surface area contributed by atoms with Crippen molar-refractivity contribution < 1.29 is 0 Å². The van der Waals surface area contributed by atoms with E-state index in [1.807, 2.05) is 19.3 Å². The van der Waals surface area contributed by atoms with Gasteiger partial charge < -0.3 is 0 Å². The Bertz CT molecular complexity index is 214. The number of hydrogen-bond donors (Lipinski definition) is 0. The van der Waals surface area contributed by atoms with E-state index in [1.54, 1.807) is 0 Å². The van der Waals surface area contributed by atoms with Gasteiger partial charge in [0.15, 0.2) is 0 Å². The quantitative estimate of drug-likeness (QED) is 0.599. The zero-order chi connectivity index (χ0) is 7.94. The fraction of sp³-hybridized carbons (Fsp3) is 0.300. The van der Waals surface area contributed by atoms with Crippen molar-refractivity contribution in [3.8, 4) is 0 Å². The van der Waals surface area contributed by atoms with E-state index in [2.05, 4.69) is 29.3 Å². The summed E-state index contributed by atoms with van der Waals surface area (Å²) in [5.74, 6) is 0. The molecule has 0 fully saturated rings. The third kappa shape index (κ3) is 2.99. The average molecular weight is 147 g/mol. The minimum Gasteiger partial charge on any atom is -0.265 e. The van der Waals surface area contributed by atoms with Crippen molar-refractivity contribution in [3.63, 3.8) is 0 Å². The normalized spacial score (nSPS) is 10.6. The number of nitrogens with zero attached hydrogens (tertiary/aromatic N) is 1. The molecule has 1 aromatic rings. The Morgan fingerprint density at radius 3 is 2.73 bits per heavy atom. The van der Waals surface area contributed by atoms with Crippen LogP contribution in [0.5, 0.6) is 0 Å². The zero-order valence-corrected chi connectivity index (χ0v) is 6.83. The molecular weight excluding hydrogens is 134 g/mol. The lowest BCUT2D eigenvalue weighted by molar-refractivity contribution is 0.993. The Morgan fingerprint density at radius 1 is 1.36 bits per heavy atom. The highest BCUT2D eigenvalue weighted by Gasteiger charge is 1.87. The van der Waals surface area contributed by atoms with E-state index in [0.717, 1.165) is 12.8 Å². The molecule has 11 heavy (non-hydrogen) atoms. The molecule has 0 radical (unpaired) electrons. The fourth-order valence-corrected chi connectivity index (χ4v) is 0.966. The molecule has 1 aromatic heterocycles. The van der Waals surface area contributed by atoms with Crippen LogP contribution in [0.3, 0.4) is 0 Å². The second kappa shape index (κ2) is 4.67. The lowest BCUT2D eigenvalue weighted by Crippen LogP contribution is -1.82. The highest BCUT2D eigenvalue weighted by molar-refractivity contribution is 5.10. The molecule has 0 saturated carbocycles. The van der Waals surface area contributed by atoms with E-state index in [-0.39, 0.29) is 0 Å². The van der Waals surface area contributed by atoms with Gasteiger partial charge in [0.1, 0.15) is 0 Å². The van der Waals surface area contributed by atoms with E-state index in [4.69, 9.17) is 0 Å². The standard InChI is InChI=1S/C10H13N/c1-2-3-4-5-10-6-8-11-9-7-10/h2-3,6-9H,4-5H2,1H3/b3-2-. The van der Waals surface area contributed by atoms with Gasteiger partial charge in [-0.25, -0.2) is 0 Å². The maximum Gasteiger partial charge on any atom is 0.0270 e. The summed E-state index contributed by atoms with van der Waals surface area (Å²) in [5, 5.41) is 0. The number of rotatable bonds is 3. The van der Waals surface area contributed by atoms with Gasteiger partial charge in [-0.3, -0.25) is 4.98 Å². The van der Waals surface area contributed by atoms with Crippen LogP contribution in [0.2, 0.25) is 0 Å². The summed E-state index contributed by atoms with van der Waals surface area (Å²) in [4.78, 5) is 3.96. The molecule has 0 spiro atoms. The molecule has 0 aliphatic carbocycles. The molecule has 58 valence electrons. The molecule has 0 aliphatic heterocycles. The predicted octanol–water partition coefficient (Wildman–Crippen LogP) is 2.59. The van der Waals surface area contributed by atoms with Crippen molar-refractivity contribution in [2.75, 3.05) is 0 Å². The van der Waals surface area contributed by atoms with Crippen LogP contribution in [-0.4, -0.2) is 4.98 Å². The monoisotopic (exact) mass is 147 g/mol. The third-order valence-electron chi connectivity index (χ3n) is 1.58. The first-order valence-electron chi connectivity index (χ1n) is 3.93. The molecule has 0 amide bonds. The van der Waals surface area contributed by atoms with Gasteiger partial charge >= 0.3 is 0 Å².